The molecule has 1 aromatic carbocycles. The SMILES string of the molecule is COc1ccc(C(=O)CC2(O)C(=O)NC(=O)NC2=O)cc1OC. The minimum absolute atomic E-state index is 0.105. The van der Waals surface area contributed by atoms with Gasteiger partial charge in [0.1, 0.15) is 0 Å². The van der Waals surface area contributed by atoms with E-state index in [-0.39, 0.29) is 11.3 Å². The molecular formula is C14H14N2O7. The lowest BCUT2D eigenvalue weighted by molar-refractivity contribution is -0.154. The van der Waals surface area contributed by atoms with Crippen molar-refractivity contribution in [3.63, 3.8) is 0 Å². The molecule has 0 spiro atoms. The van der Waals surface area contributed by atoms with E-state index in [0.29, 0.717) is 5.75 Å². The van der Waals surface area contributed by atoms with Gasteiger partial charge in [0, 0.05) is 5.56 Å². The number of nitrogens with one attached hydrogen (secondary N) is 2. The van der Waals surface area contributed by atoms with E-state index < -0.39 is 35.7 Å². The van der Waals surface area contributed by atoms with Crippen LogP contribution in [0.25, 0.3) is 0 Å². The highest BCUT2D eigenvalue weighted by Crippen LogP contribution is 2.29. The Balaban J connectivity index is 2.26. The molecule has 0 aliphatic carbocycles. The molecule has 122 valence electrons. The van der Waals surface area contributed by atoms with Gasteiger partial charge in [0.05, 0.1) is 20.6 Å². The second-order valence-electron chi connectivity index (χ2n) is 4.77. The maximum atomic E-state index is 12.3. The third-order valence-electron chi connectivity index (χ3n) is 3.33. The normalized spacial score (nSPS) is 16.4. The van der Waals surface area contributed by atoms with Crippen LogP contribution in [-0.2, 0) is 9.59 Å². The summed E-state index contributed by atoms with van der Waals surface area (Å²) in [6, 6.07) is 3.18. The van der Waals surface area contributed by atoms with E-state index in [0.717, 1.165) is 0 Å². The summed E-state index contributed by atoms with van der Waals surface area (Å²) < 4.78 is 10.1. The van der Waals surface area contributed by atoms with Crippen LogP contribution in [0.3, 0.4) is 0 Å². The molecule has 0 bridgehead atoms. The van der Waals surface area contributed by atoms with Gasteiger partial charge in [-0.15, -0.1) is 0 Å². The minimum atomic E-state index is -2.65. The Bertz CT molecular complexity index is 678. The maximum absolute atomic E-state index is 12.3. The molecule has 1 heterocycles. The number of amides is 4. The van der Waals surface area contributed by atoms with Crippen LogP contribution in [0.1, 0.15) is 16.8 Å². The van der Waals surface area contributed by atoms with Crippen molar-refractivity contribution in [3.05, 3.63) is 23.8 Å². The lowest BCUT2D eigenvalue weighted by Gasteiger charge is -2.28. The Morgan fingerprint density at radius 3 is 2.17 bits per heavy atom. The zero-order valence-electron chi connectivity index (χ0n) is 12.3. The molecule has 0 atom stereocenters. The molecular weight excluding hydrogens is 308 g/mol. The highest BCUT2D eigenvalue weighted by molar-refractivity contribution is 6.23. The number of ketones is 1. The topological polar surface area (TPSA) is 131 Å². The van der Waals surface area contributed by atoms with E-state index in [4.69, 9.17) is 9.47 Å². The van der Waals surface area contributed by atoms with Crippen molar-refractivity contribution in [3.8, 4) is 11.5 Å². The molecule has 0 radical (unpaired) electrons. The molecule has 1 fully saturated rings. The van der Waals surface area contributed by atoms with E-state index in [9.17, 15) is 24.3 Å². The summed E-state index contributed by atoms with van der Waals surface area (Å²) in [6.45, 7) is 0. The summed E-state index contributed by atoms with van der Waals surface area (Å²) >= 11 is 0. The molecule has 9 nitrogen and oxygen atoms in total. The zero-order valence-corrected chi connectivity index (χ0v) is 12.3. The molecule has 4 amide bonds. The van der Waals surface area contributed by atoms with Gasteiger partial charge < -0.3 is 14.6 Å². The van der Waals surface area contributed by atoms with E-state index in [2.05, 4.69) is 0 Å². The van der Waals surface area contributed by atoms with Crippen molar-refractivity contribution in [2.24, 2.45) is 0 Å². The summed E-state index contributed by atoms with van der Waals surface area (Å²) in [5, 5.41) is 13.6. The third kappa shape index (κ3) is 2.99. The summed E-state index contributed by atoms with van der Waals surface area (Å²) in [5.74, 6) is -2.52. The molecule has 9 heteroatoms. The predicted octanol–water partition coefficient (Wildman–Crippen LogP) is -0.626. The smallest absolute Gasteiger partial charge is 0.328 e. The van der Waals surface area contributed by atoms with Gasteiger partial charge in [-0.3, -0.25) is 25.0 Å². The highest BCUT2D eigenvalue weighted by Gasteiger charge is 2.50. The molecule has 1 aliphatic rings. The number of carbonyl (C=O) groups excluding carboxylic acids is 4. The molecule has 0 saturated carbocycles. The summed E-state index contributed by atoms with van der Waals surface area (Å²) in [4.78, 5) is 46.6. The van der Waals surface area contributed by atoms with Crippen LogP contribution in [0.5, 0.6) is 11.5 Å². The molecule has 1 saturated heterocycles. The Morgan fingerprint density at radius 2 is 1.65 bits per heavy atom. The van der Waals surface area contributed by atoms with Gasteiger partial charge in [-0.25, -0.2) is 4.79 Å². The Morgan fingerprint density at radius 1 is 1.09 bits per heavy atom. The molecule has 0 unspecified atom stereocenters. The number of hydrogen-bond donors (Lipinski definition) is 3. The van der Waals surface area contributed by atoms with Crippen molar-refractivity contribution < 1.29 is 33.8 Å². The number of ether oxygens (including phenoxy) is 2. The fraction of sp³-hybridized carbons (Fsp3) is 0.286. The number of aliphatic hydroxyl groups is 1. The van der Waals surface area contributed by atoms with Gasteiger partial charge in [0.15, 0.2) is 17.3 Å². The number of methoxy groups -OCH3 is 2. The average Bonchev–Trinajstić information content (AvgIpc) is 2.52. The first-order valence-electron chi connectivity index (χ1n) is 6.46. The van der Waals surface area contributed by atoms with Crippen LogP contribution in [0, 0.1) is 0 Å². The standard InChI is InChI=1S/C14H14N2O7/c1-22-9-4-3-7(5-10(9)23-2)8(17)6-14(21)11(18)15-13(20)16-12(14)19/h3-5,21H,6H2,1-2H3,(H2,15,16,18,19,20). The van der Waals surface area contributed by atoms with Crippen LogP contribution in [0.4, 0.5) is 4.79 Å². The number of urea groups is 1. The first kappa shape index (κ1) is 16.4. The van der Waals surface area contributed by atoms with Crippen LogP contribution in [-0.4, -0.2) is 48.6 Å². The van der Waals surface area contributed by atoms with E-state index in [1.54, 1.807) is 10.6 Å². The number of barbiturate groups is 1. The fourth-order valence-electron chi connectivity index (χ4n) is 2.05. The second kappa shape index (κ2) is 6.05. The van der Waals surface area contributed by atoms with E-state index in [1.165, 1.54) is 32.4 Å². The van der Waals surface area contributed by atoms with Gasteiger partial charge in [-0.2, -0.15) is 0 Å². The summed E-state index contributed by atoms with van der Waals surface area (Å²) in [6.07, 6.45) is -0.826. The number of rotatable bonds is 5. The van der Waals surface area contributed by atoms with Crippen molar-refractivity contribution in [1.82, 2.24) is 10.6 Å². The fourth-order valence-corrected chi connectivity index (χ4v) is 2.05. The second-order valence-corrected chi connectivity index (χ2v) is 4.77. The van der Waals surface area contributed by atoms with Crippen molar-refractivity contribution in [2.45, 2.75) is 12.0 Å². The lowest BCUT2D eigenvalue weighted by atomic mass is 9.91. The van der Waals surface area contributed by atoms with Gasteiger partial charge in [0.25, 0.3) is 11.8 Å². The van der Waals surface area contributed by atoms with Crippen molar-refractivity contribution >= 4 is 23.6 Å². The van der Waals surface area contributed by atoms with Crippen LogP contribution in [0.2, 0.25) is 0 Å². The highest BCUT2D eigenvalue weighted by atomic mass is 16.5. The number of imide groups is 2. The van der Waals surface area contributed by atoms with Gasteiger partial charge in [-0.05, 0) is 18.2 Å². The Hall–Kier alpha value is -2.94. The van der Waals surface area contributed by atoms with E-state index in [1.807, 2.05) is 0 Å². The lowest BCUT2D eigenvalue weighted by Crippen LogP contribution is -2.67. The molecule has 1 aromatic rings. The maximum Gasteiger partial charge on any atom is 0.328 e. The largest absolute Gasteiger partial charge is 0.493 e. The molecule has 3 N–H and O–H groups in total. The van der Waals surface area contributed by atoms with Crippen LogP contribution in [0.15, 0.2) is 18.2 Å². The van der Waals surface area contributed by atoms with E-state index >= 15 is 0 Å². The zero-order chi connectivity index (χ0) is 17.2. The number of hydrogen-bond acceptors (Lipinski definition) is 7. The average molecular weight is 322 g/mol. The minimum Gasteiger partial charge on any atom is -0.493 e. The molecule has 1 aliphatic heterocycles. The van der Waals surface area contributed by atoms with Crippen molar-refractivity contribution in [2.75, 3.05) is 14.2 Å². The Kier molecular flexibility index (Phi) is 4.32. The summed E-state index contributed by atoms with van der Waals surface area (Å²) in [5.41, 5.74) is -2.55. The van der Waals surface area contributed by atoms with Gasteiger partial charge in [-0.1, -0.05) is 0 Å². The monoisotopic (exact) mass is 322 g/mol. The number of benzene rings is 1. The number of Topliss-reactive ketones (excluding diaryl/α,β-unsaturated/α-hetero) is 1. The molecule has 2 rings (SSSR count). The van der Waals surface area contributed by atoms with Crippen molar-refractivity contribution in [1.29, 1.82) is 0 Å². The molecule has 0 aromatic heterocycles. The third-order valence-corrected chi connectivity index (χ3v) is 3.33. The number of carbonyl (C=O) groups is 4. The van der Waals surface area contributed by atoms with Crippen LogP contribution < -0.4 is 20.1 Å². The van der Waals surface area contributed by atoms with Crippen LogP contribution >= 0.6 is 0 Å². The first-order chi connectivity index (χ1) is 10.8. The summed E-state index contributed by atoms with van der Waals surface area (Å²) in [7, 11) is 2.81. The molecule has 23 heavy (non-hydrogen) atoms. The predicted molar refractivity (Wildman–Crippen MR) is 75.1 cm³/mol. The Labute approximate surface area is 130 Å². The van der Waals surface area contributed by atoms with Gasteiger partial charge >= 0.3 is 6.03 Å². The van der Waals surface area contributed by atoms with Gasteiger partial charge in [0.2, 0.25) is 5.60 Å². The quantitative estimate of drug-likeness (QED) is 0.486. The first-order valence-corrected chi connectivity index (χ1v) is 6.46.